The van der Waals surface area contributed by atoms with Crippen molar-refractivity contribution in [2.45, 2.75) is 19.1 Å². The number of amides is 2. The number of ether oxygens (including phenoxy) is 1. The van der Waals surface area contributed by atoms with E-state index in [0.717, 1.165) is 40.7 Å². The number of hydrogen-bond donors (Lipinski definition) is 1. The van der Waals surface area contributed by atoms with Crippen molar-refractivity contribution in [3.8, 4) is 0 Å². The standard InChI is InChI=1S/C30H29F4N3O3/c1-40-17-16-37(29(39)22-8-10-24(11-9-22)30(32,33)34)20-28(38)36(19-21-6-12-25(31)13-7-21)15-14-23-18-35-27-5-3-2-4-26(23)27/h2-13,18,35H,14-17,19-20H2,1H3. The molecule has 40 heavy (non-hydrogen) atoms. The summed E-state index contributed by atoms with van der Waals surface area (Å²) in [5.41, 5.74) is 1.87. The fourth-order valence-corrected chi connectivity index (χ4v) is 4.40. The van der Waals surface area contributed by atoms with Gasteiger partial charge in [-0.2, -0.15) is 13.2 Å². The van der Waals surface area contributed by atoms with Gasteiger partial charge in [0.1, 0.15) is 12.4 Å². The van der Waals surface area contributed by atoms with Crippen LogP contribution in [0.3, 0.4) is 0 Å². The van der Waals surface area contributed by atoms with Crippen LogP contribution in [0.15, 0.2) is 79.0 Å². The number of benzene rings is 3. The normalized spacial score (nSPS) is 11.5. The van der Waals surface area contributed by atoms with Crippen molar-refractivity contribution in [3.05, 3.63) is 107 Å². The van der Waals surface area contributed by atoms with Gasteiger partial charge in [0.25, 0.3) is 5.91 Å². The molecule has 210 valence electrons. The molecule has 0 spiro atoms. The summed E-state index contributed by atoms with van der Waals surface area (Å²) in [6, 6.07) is 17.5. The molecular formula is C30H29F4N3O3. The van der Waals surface area contributed by atoms with Crippen LogP contribution in [0.4, 0.5) is 17.6 Å². The highest BCUT2D eigenvalue weighted by atomic mass is 19.4. The van der Waals surface area contributed by atoms with Gasteiger partial charge in [0.15, 0.2) is 0 Å². The second-order valence-corrected chi connectivity index (χ2v) is 9.35. The number of carbonyl (C=O) groups excluding carboxylic acids is 2. The van der Waals surface area contributed by atoms with Gasteiger partial charge in [0, 0.05) is 49.4 Å². The van der Waals surface area contributed by atoms with Crippen LogP contribution >= 0.6 is 0 Å². The highest BCUT2D eigenvalue weighted by Gasteiger charge is 2.31. The molecule has 0 radical (unpaired) electrons. The van der Waals surface area contributed by atoms with E-state index in [1.54, 1.807) is 17.0 Å². The van der Waals surface area contributed by atoms with Crippen LogP contribution in [0.1, 0.15) is 27.0 Å². The van der Waals surface area contributed by atoms with E-state index in [1.807, 2.05) is 30.5 Å². The number of halogens is 4. The number of hydrogen-bond acceptors (Lipinski definition) is 3. The van der Waals surface area contributed by atoms with Crippen molar-refractivity contribution in [2.75, 3.05) is 33.4 Å². The van der Waals surface area contributed by atoms with E-state index in [9.17, 15) is 27.2 Å². The van der Waals surface area contributed by atoms with E-state index in [2.05, 4.69) is 4.98 Å². The molecule has 4 rings (SSSR count). The lowest BCUT2D eigenvalue weighted by atomic mass is 10.1. The maximum absolute atomic E-state index is 13.6. The number of nitrogens with one attached hydrogen (secondary N) is 1. The lowest BCUT2D eigenvalue weighted by Gasteiger charge is -2.28. The van der Waals surface area contributed by atoms with E-state index in [4.69, 9.17) is 4.74 Å². The molecule has 10 heteroatoms. The Labute approximate surface area is 229 Å². The zero-order chi connectivity index (χ0) is 28.7. The van der Waals surface area contributed by atoms with Crippen molar-refractivity contribution in [1.29, 1.82) is 0 Å². The predicted molar refractivity (Wildman–Crippen MR) is 143 cm³/mol. The molecule has 1 heterocycles. The highest BCUT2D eigenvalue weighted by molar-refractivity contribution is 5.96. The fourth-order valence-electron chi connectivity index (χ4n) is 4.40. The Morgan fingerprint density at radius 1 is 0.900 bits per heavy atom. The lowest BCUT2D eigenvalue weighted by Crippen LogP contribution is -2.44. The number of rotatable bonds is 11. The SMILES string of the molecule is COCCN(CC(=O)N(CCc1c[nH]c2ccccc12)Cc1ccc(F)cc1)C(=O)c1ccc(C(F)(F)F)cc1. The number of aromatic amines is 1. The average molecular weight is 556 g/mol. The molecule has 3 aromatic carbocycles. The topological polar surface area (TPSA) is 65.6 Å². The van der Waals surface area contributed by atoms with Crippen molar-refractivity contribution in [1.82, 2.24) is 14.8 Å². The molecule has 4 aromatic rings. The average Bonchev–Trinajstić information content (AvgIpc) is 3.36. The molecule has 0 saturated carbocycles. The summed E-state index contributed by atoms with van der Waals surface area (Å²) in [6.07, 6.45) is -2.11. The van der Waals surface area contributed by atoms with E-state index in [0.29, 0.717) is 18.5 Å². The molecule has 0 aliphatic carbocycles. The molecule has 0 saturated heterocycles. The minimum Gasteiger partial charge on any atom is -0.383 e. The van der Waals surface area contributed by atoms with Crippen molar-refractivity contribution in [3.63, 3.8) is 0 Å². The number of aromatic nitrogens is 1. The van der Waals surface area contributed by atoms with Crippen LogP contribution in [-0.4, -0.2) is 59.9 Å². The summed E-state index contributed by atoms with van der Waals surface area (Å²) >= 11 is 0. The van der Waals surface area contributed by atoms with Crippen LogP contribution < -0.4 is 0 Å². The first-order valence-electron chi connectivity index (χ1n) is 12.7. The monoisotopic (exact) mass is 555 g/mol. The van der Waals surface area contributed by atoms with Gasteiger partial charge in [0.2, 0.25) is 5.91 Å². The van der Waals surface area contributed by atoms with Gasteiger partial charge < -0.3 is 19.5 Å². The number of alkyl halides is 3. The number of para-hydroxylation sites is 1. The Morgan fingerprint density at radius 3 is 2.27 bits per heavy atom. The van der Waals surface area contributed by atoms with Crippen LogP contribution in [0, 0.1) is 5.82 Å². The van der Waals surface area contributed by atoms with Gasteiger partial charge in [0.05, 0.1) is 12.2 Å². The Kier molecular flexibility index (Phi) is 9.21. The van der Waals surface area contributed by atoms with Crippen molar-refractivity contribution < 1.29 is 31.9 Å². The second-order valence-electron chi connectivity index (χ2n) is 9.35. The second kappa shape index (κ2) is 12.8. The molecule has 0 aliphatic rings. The van der Waals surface area contributed by atoms with E-state index < -0.39 is 23.5 Å². The van der Waals surface area contributed by atoms with Crippen LogP contribution in [0.2, 0.25) is 0 Å². The first kappa shape index (κ1) is 28.8. The van der Waals surface area contributed by atoms with Crippen molar-refractivity contribution >= 4 is 22.7 Å². The first-order chi connectivity index (χ1) is 19.2. The summed E-state index contributed by atoms with van der Waals surface area (Å²) < 4.78 is 57.5. The minimum absolute atomic E-state index is 0.0285. The fraction of sp³-hybridized carbons (Fsp3) is 0.267. The maximum Gasteiger partial charge on any atom is 0.416 e. The van der Waals surface area contributed by atoms with Gasteiger partial charge in [-0.1, -0.05) is 30.3 Å². The summed E-state index contributed by atoms with van der Waals surface area (Å²) in [5, 5.41) is 1.04. The number of nitrogens with zero attached hydrogens (tertiary/aromatic N) is 2. The minimum atomic E-state index is -4.53. The van der Waals surface area contributed by atoms with E-state index in [1.165, 1.54) is 24.1 Å². The third-order valence-electron chi connectivity index (χ3n) is 6.60. The van der Waals surface area contributed by atoms with Gasteiger partial charge in [-0.3, -0.25) is 9.59 Å². The number of methoxy groups -OCH3 is 1. The molecule has 0 aliphatic heterocycles. The smallest absolute Gasteiger partial charge is 0.383 e. The number of carbonyl (C=O) groups is 2. The number of fused-ring (bicyclic) bond motifs is 1. The quantitative estimate of drug-likeness (QED) is 0.242. The van der Waals surface area contributed by atoms with Gasteiger partial charge in [-0.25, -0.2) is 4.39 Å². The zero-order valence-electron chi connectivity index (χ0n) is 21.9. The highest BCUT2D eigenvalue weighted by Crippen LogP contribution is 2.29. The zero-order valence-corrected chi connectivity index (χ0v) is 21.9. The van der Waals surface area contributed by atoms with Gasteiger partial charge in [-0.05, 0) is 60.0 Å². The molecule has 2 amide bonds. The third kappa shape index (κ3) is 7.26. The van der Waals surface area contributed by atoms with E-state index >= 15 is 0 Å². The Balaban J connectivity index is 1.54. The van der Waals surface area contributed by atoms with Crippen LogP contribution in [0.5, 0.6) is 0 Å². The summed E-state index contributed by atoms with van der Waals surface area (Å²) in [5.74, 6) is -1.34. The van der Waals surface area contributed by atoms with E-state index in [-0.39, 0.29) is 37.7 Å². The molecule has 0 unspecified atom stereocenters. The largest absolute Gasteiger partial charge is 0.416 e. The molecule has 0 bridgehead atoms. The van der Waals surface area contributed by atoms with Crippen LogP contribution in [-0.2, 0) is 28.7 Å². The van der Waals surface area contributed by atoms with Gasteiger partial charge >= 0.3 is 6.18 Å². The maximum atomic E-state index is 13.6. The summed E-state index contributed by atoms with van der Waals surface area (Å²) in [7, 11) is 1.45. The lowest BCUT2D eigenvalue weighted by molar-refractivity contribution is -0.137. The van der Waals surface area contributed by atoms with Gasteiger partial charge in [-0.15, -0.1) is 0 Å². The Morgan fingerprint density at radius 2 is 1.60 bits per heavy atom. The first-order valence-corrected chi connectivity index (χ1v) is 12.7. The summed E-state index contributed by atoms with van der Waals surface area (Å²) in [6.45, 7) is 0.402. The Hall–Kier alpha value is -4.18. The molecule has 0 fully saturated rings. The molecule has 6 nitrogen and oxygen atoms in total. The molecule has 1 N–H and O–H groups in total. The summed E-state index contributed by atoms with van der Waals surface area (Å²) in [4.78, 5) is 32.9. The molecular weight excluding hydrogens is 526 g/mol. The number of H-pyrrole nitrogens is 1. The van der Waals surface area contributed by atoms with Crippen LogP contribution in [0.25, 0.3) is 10.9 Å². The Bertz CT molecular complexity index is 1430. The molecule has 1 aromatic heterocycles. The molecule has 0 atom stereocenters. The third-order valence-corrected chi connectivity index (χ3v) is 6.60. The van der Waals surface area contributed by atoms with Crippen molar-refractivity contribution in [2.24, 2.45) is 0 Å². The predicted octanol–water partition coefficient (Wildman–Crippen LogP) is 5.69.